The van der Waals surface area contributed by atoms with Crippen LogP contribution >= 0.6 is 0 Å². The summed E-state index contributed by atoms with van der Waals surface area (Å²) in [7, 11) is 0. The maximum atomic E-state index is 6.41. The zero-order chi connectivity index (χ0) is 25.5. The van der Waals surface area contributed by atoms with Gasteiger partial charge >= 0.3 is 0 Å². The number of morpholine rings is 1. The normalized spacial score (nSPS) is 20.8. The Labute approximate surface area is 220 Å². The van der Waals surface area contributed by atoms with Crippen LogP contribution < -0.4 is 5.73 Å². The Hall–Kier alpha value is -3.89. The molecule has 4 aromatic heterocycles. The second-order valence-corrected chi connectivity index (χ2v) is 10.3. The van der Waals surface area contributed by atoms with E-state index in [4.69, 9.17) is 20.6 Å². The number of nitrogen functional groups attached to an aromatic ring is 1. The van der Waals surface area contributed by atoms with Crippen LogP contribution in [0.25, 0.3) is 33.3 Å². The number of hydrogen-bond acceptors (Lipinski definition) is 8. The Kier molecular flexibility index (Phi) is 5.98. The number of ether oxygens (including phenoxy) is 1. The highest BCUT2D eigenvalue weighted by Crippen LogP contribution is 2.37. The maximum Gasteiger partial charge on any atom is 0.164 e. The summed E-state index contributed by atoms with van der Waals surface area (Å²) in [4.78, 5) is 24.0. The third-order valence-corrected chi connectivity index (χ3v) is 7.99. The van der Waals surface area contributed by atoms with Crippen molar-refractivity contribution in [2.45, 2.75) is 44.2 Å². The highest BCUT2D eigenvalue weighted by molar-refractivity contribution is 5.99. The van der Waals surface area contributed by atoms with Gasteiger partial charge in [-0.1, -0.05) is 12.1 Å². The first kappa shape index (κ1) is 23.2. The van der Waals surface area contributed by atoms with Crippen LogP contribution in [0.3, 0.4) is 0 Å². The number of benzene rings is 1. The first-order valence-corrected chi connectivity index (χ1v) is 13.4. The molecule has 3 N–H and O–H groups in total. The lowest BCUT2D eigenvalue weighted by molar-refractivity contribution is 0.00520. The number of nitrogens with one attached hydrogen (secondary N) is 1. The van der Waals surface area contributed by atoms with E-state index in [2.05, 4.69) is 47.7 Å². The Morgan fingerprint density at radius 2 is 1.87 bits per heavy atom. The second kappa shape index (κ2) is 9.77. The van der Waals surface area contributed by atoms with E-state index < -0.39 is 0 Å². The van der Waals surface area contributed by atoms with Crippen molar-refractivity contribution in [3.8, 4) is 11.3 Å². The van der Waals surface area contributed by atoms with Gasteiger partial charge in [0.15, 0.2) is 5.65 Å². The summed E-state index contributed by atoms with van der Waals surface area (Å²) in [6.45, 7) is 3.76. The number of pyridine rings is 1. The molecule has 1 saturated carbocycles. The average molecular weight is 510 g/mol. The van der Waals surface area contributed by atoms with Gasteiger partial charge in [0.25, 0.3) is 0 Å². The van der Waals surface area contributed by atoms with Crippen molar-refractivity contribution >= 4 is 27.9 Å². The number of fused-ring (bicyclic) bond motifs is 2. The molecular formula is C28H31N9O. The third-order valence-electron chi connectivity index (χ3n) is 7.99. The molecule has 0 unspecified atom stereocenters. The van der Waals surface area contributed by atoms with E-state index in [0.717, 1.165) is 96.7 Å². The first-order valence-electron chi connectivity index (χ1n) is 13.4. The van der Waals surface area contributed by atoms with Crippen LogP contribution in [0.5, 0.6) is 0 Å². The predicted octanol–water partition coefficient (Wildman–Crippen LogP) is 3.75. The fourth-order valence-electron chi connectivity index (χ4n) is 6.05. The molecule has 0 atom stereocenters. The van der Waals surface area contributed by atoms with Gasteiger partial charge in [0.2, 0.25) is 0 Å². The summed E-state index contributed by atoms with van der Waals surface area (Å²) >= 11 is 0. The number of anilines is 1. The highest BCUT2D eigenvalue weighted by atomic mass is 16.5. The quantitative estimate of drug-likeness (QED) is 0.367. The lowest BCUT2D eigenvalue weighted by atomic mass is 9.90. The van der Waals surface area contributed by atoms with Crippen LogP contribution in [0, 0.1) is 0 Å². The molecule has 2 fully saturated rings. The Morgan fingerprint density at radius 1 is 1.03 bits per heavy atom. The standard InChI is InChI=1S/C28H31N9O/c29-27-25-26(19-3-8-22-23(15-19)34-24(33-22)14-18-2-1-9-30-16-18)35-37(28(25)32-17-31-27)21-6-4-20(5-7-21)36-10-12-38-13-11-36/h1-3,8-9,15-17,20-21H,4-7,10-14H2,(H,33,34)(H2,29,31,32). The van der Waals surface area contributed by atoms with E-state index in [-0.39, 0.29) is 0 Å². The number of aromatic nitrogens is 7. The molecule has 1 saturated heterocycles. The molecule has 7 rings (SSSR count). The third kappa shape index (κ3) is 4.29. The van der Waals surface area contributed by atoms with Gasteiger partial charge in [0.05, 0.1) is 35.7 Å². The summed E-state index contributed by atoms with van der Waals surface area (Å²) in [5, 5.41) is 5.94. The van der Waals surface area contributed by atoms with Gasteiger partial charge in [-0.2, -0.15) is 5.10 Å². The molecule has 1 aliphatic carbocycles. The fraction of sp³-hybridized carbons (Fsp3) is 0.393. The van der Waals surface area contributed by atoms with Crippen molar-refractivity contribution in [2.24, 2.45) is 0 Å². The summed E-state index contributed by atoms with van der Waals surface area (Å²) in [5.41, 5.74) is 12.0. The van der Waals surface area contributed by atoms with Crippen LogP contribution in [-0.4, -0.2) is 71.9 Å². The minimum atomic E-state index is 0.291. The van der Waals surface area contributed by atoms with Crippen molar-refractivity contribution in [1.82, 2.24) is 39.6 Å². The molecule has 38 heavy (non-hydrogen) atoms. The van der Waals surface area contributed by atoms with E-state index in [1.54, 1.807) is 12.5 Å². The van der Waals surface area contributed by atoms with Gasteiger partial charge in [0, 0.05) is 43.5 Å². The Morgan fingerprint density at radius 3 is 2.68 bits per heavy atom. The van der Waals surface area contributed by atoms with Crippen molar-refractivity contribution < 1.29 is 4.74 Å². The molecule has 10 heteroatoms. The number of nitrogens with two attached hydrogens (primary N) is 1. The number of rotatable bonds is 5. The molecule has 0 amide bonds. The van der Waals surface area contributed by atoms with Crippen molar-refractivity contribution in [1.29, 1.82) is 0 Å². The van der Waals surface area contributed by atoms with E-state index in [1.807, 2.05) is 18.3 Å². The molecule has 2 aliphatic rings. The van der Waals surface area contributed by atoms with Gasteiger partial charge < -0.3 is 15.5 Å². The molecular weight excluding hydrogens is 478 g/mol. The fourth-order valence-corrected chi connectivity index (χ4v) is 6.05. The SMILES string of the molecule is Nc1ncnc2c1c(-c1ccc3nc(Cc4cccnc4)[nH]c3c1)nn2C1CCC(N2CCOCC2)CC1. The number of imidazole rings is 1. The molecule has 0 bridgehead atoms. The topological polar surface area (TPSA) is 124 Å². The number of aromatic amines is 1. The average Bonchev–Trinajstić information content (AvgIpc) is 3.56. The molecule has 1 aliphatic heterocycles. The zero-order valence-corrected chi connectivity index (χ0v) is 21.3. The minimum absolute atomic E-state index is 0.291. The highest BCUT2D eigenvalue weighted by Gasteiger charge is 2.30. The smallest absolute Gasteiger partial charge is 0.164 e. The first-order chi connectivity index (χ1) is 18.7. The summed E-state index contributed by atoms with van der Waals surface area (Å²) in [5.74, 6) is 1.36. The maximum absolute atomic E-state index is 6.41. The largest absolute Gasteiger partial charge is 0.383 e. The van der Waals surface area contributed by atoms with Crippen molar-refractivity contribution in [3.05, 3.63) is 60.4 Å². The summed E-state index contributed by atoms with van der Waals surface area (Å²) < 4.78 is 7.65. The van der Waals surface area contributed by atoms with E-state index in [9.17, 15) is 0 Å². The van der Waals surface area contributed by atoms with Gasteiger partial charge in [-0.3, -0.25) is 9.88 Å². The van der Waals surface area contributed by atoms with Crippen molar-refractivity contribution in [2.75, 3.05) is 32.0 Å². The molecule has 10 nitrogen and oxygen atoms in total. The van der Waals surface area contributed by atoms with Gasteiger partial charge in [0.1, 0.15) is 23.7 Å². The van der Waals surface area contributed by atoms with Crippen LogP contribution in [0.2, 0.25) is 0 Å². The lowest BCUT2D eigenvalue weighted by Gasteiger charge is -2.38. The monoisotopic (exact) mass is 509 g/mol. The summed E-state index contributed by atoms with van der Waals surface area (Å²) in [6.07, 6.45) is 10.3. The molecule has 0 spiro atoms. The van der Waals surface area contributed by atoms with Gasteiger partial charge in [-0.15, -0.1) is 0 Å². The van der Waals surface area contributed by atoms with Crippen LogP contribution in [0.1, 0.15) is 43.1 Å². The predicted molar refractivity (Wildman–Crippen MR) is 146 cm³/mol. The van der Waals surface area contributed by atoms with E-state index >= 15 is 0 Å². The minimum Gasteiger partial charge on any atom is -0.383 e. The lowest BCUT2D eigenvalue weighted by Crippen LogP contribution is -2.45. The molecule has 5 aromatic rings. The molecule has 194 valence electrons. The van der Waals surface area contributed by atoms with Gasteiger partial charge in [-0.05, 0) is 49.4 Å². The van der Waals surface area contributed by atoms with Crippen molar-refractivity contribution in [3.63, 3.8) is 0 Å². The zero-order valence-electron chi connectivity index (χ0n) is 21.3. The van der Waals surface area contributed by atoms with Gasteiger partial charge in [-0.25, -0.2) is 19.6 Å². The van der Waals surface area contributed by atoms with Crippen LogP contribution in [0.4, 0.5) is 5.82 Å². The summed E-state index contributed by atoms with van der Waals surface area (Å²) in [6, 6.07) is 11.1. The van der Waals surface area contributed by atoms with E-state index in [0.29, 0.717) is 24.3 Å². The van der Waals surface area contributed by atoms with E-state index in [1.165, 1.54) is 0 Å². The number of nitrogens with zero attached hydrogens (tertiary/aromatic N) is 7. The van der Waals surface area contributed by atoms with Crippen LogP contribution in [-0.2, 0) is 11.2 Å². The molecule has 5 heterocycles. The Balaban J connectivity index is 1.19. The number of H-pyrrole nitrogens is 1. The number of hydrogen-bond donors (Lipinski definition) is 2. The Bertz CT molecular complexity index is 1560. The molecule has 0 radical (unpaired) electrons. The molecule has 1 aromatic carbocycles. The van der Waals surface area contributed by atoms with Crippen LogP contribution in [0.15, 0.2) is 49.1 Å². The second-order valence-electron chi connectivity index (χ2n) is 10.3.